The molecule has 2 atom stereocenters. The second kappa shape index (κ2) is 9.06. The van der Waals surface area contributed by atoms with Crippen LogP contribution in [-0.4, -0.2) is 33.9 Å². The Hall–Kier alpha value is -2.57. The maximum Gasteiger partial charge on any atom is 0.308 e. The van der Waals surface area contributed by atoms with Crippen molar-refractivity contribution in [2.24, 2.45) is 13.0 Å². The Morgan fingerprint density at radius 2 is 2.23 bits per heavy atom. The summed E-state index contributed by atoms with van der Waals surface area (Å²) in [5, 5.41) is 12.9. The van der Waals surface area contributed by atoms with Gasteiger partial charge in [0.1, 0.15) is 0 Å². The van der Waals surface area contributed by atoms with Crippen molar-refractivity contribution in [2.45, 2.75) is 38.3 Å². The van der Waals surface area contributed by atoms with Crippen molar-refractivity contribution in [3.63, 3.8) is 0 Å². The van der Waals surface area contributed by atoms with Gasteiger partial charge in [0.05, 0.1) is 18.7 Å². The van der Waals surface area contributed by atoms with Crippen LogP contribution in [-0.2, 0) is 23.1 Å². The fraction of sp³-hybridized carbons (Fsp3) is 0.391. The van der Waals surface area contributed by atoms with E-state index >= 15 is 0 Å². The van der Waals surface area contributed by atoms with E-state index in [4.69, 9.17) is 16.3 Å². The zero-order chi connectivity index (χ0) is 21.1. The molecule has 7 heteroatoms. The number of aryl methyl sites for hydroxylation is 1. The lowest BCUT2D eigenvalue weighted by molar-refractivity contribution is -0.146. The number of aromatic nitrogens is 3. The molecule has 1 aliphatic carbocycles. The first-order valence-corrected chi connectivity index (χ1v) is 10.7. The molecule has 1 aliphatic rings. The number of nitrogens with one attached hydrogen (secondary N) is 2. The molecular formula is C23H27ClN4O2. The third-order valence-electron chi connectivity index (χ3n) is 5.86. The summed E-state index contributed by atoms with van der Waals surface area (Å²) in [4.78, 5) is 11.8. The second-order valence-corrected chi connectivity index (χ2v) is 8.41. The van der Waals surface area contributed by atoms with Crippen molar-refractivity contribution in [3.05, 3.63) is 52.4 Å². The van der Waals surface area contributed by atoms with Gasteiger partial charge in [-0.15, -0.1) is 0 Å². The van der Waals surface area contributed by atoms with Gasteiger partial charge >= 0.3 is 5.97 Å². The molecule has 0 spiro atoms. The molecule has 2 N–H and O–H groups in total. The van der Waals surface area contributed by atoms with Gasteiger partial charge in [0.2, 0.25) is 0 Å². The number of benzene rings is 1. The summed E-state index contributed by atoms with van der Waals surface area (Å²) in [5.74, 6) is -0.0825. The maximum absolute atomic E-state index is 11.8. The highest BCUT2D eigenvalue weighted by atomic mass is 35.5. The first-order chi connectivity index (χ1) is 14.5. The monoisotopic (exact) mass is 426 g/mol. The summed E-state index contributed by atoms with van der Waals surface area (Å²) < 4.78 is 7.00. The molecule has 3 aromatic rings. The SMILES string of the molecule is COC(=O)C1CCCC(NCc2cc(/C=C/c3cn(C)c4ccc(Cl)cc34)n[nH]2)C1. The molecule has 158 valence electrons. The van der Waals surface area contributed by atoms with Gasteiger partial charge in [-0.05, 0) is 49.6 Å². The van der Waals surface area contributed by atoms with Crippen LogP contribution in [0.4, 0.5) is 0 Å². The number of esters is 1. The number of nitrogens with zero attached hydrogens (tertiary/aromatic N) is 2. The van der Waals surface area contributed by atoms with Gasteiger partial charge in [-0.2, -0.15) is 5.10 Å². The fourth-order valence-corrected chi connectivity index (χ4v) is 4.44. The van der Waals surface area contributed by atoms with E-state index < -0.39 is 0 Å². The van der Waals surface area contributed by atoms with E-state index in [0.29, 0.717) is 12.6 Å². The molecule has 2 unspecified atom stereocenters. The summed E-state index contributed by atoms with van der Waals surface area (Å²) in [5.41, 5.74) is 4.15. The van der Waals surface area contributed by atoms with Crippen molar-refractivity contribution in [1.29, 1.82) is 0 Å². The van der Waals surface area contributed by atoms with Gasteiger partial charge in [-0.1, -0.05) is 24.1 Å². The first-order valence-electron chi connectivity index (χ1n) is 10.3. The van der Waals surface area contributed by atoms with Gasteiger partial charge in [-0.3, -0.25) is 9.89 Å². The molecule has 30 heavy (non-hydrogen) atoms. The highest BCUT2D eigenvalue weighted by Gasteiger charge is 2.27. The number of methoxy groups -OCH3 is 1. The number of rotatable bonds is 6. The van der Waals surface area contributed by atoms with E-state index in [2.05, 4.69) is 32.4 Å². The minimum absolute atomic E-state index is 0.00992. The smallest absolute Gasteiger partial charge is 0.308 e. The van der Waals surface area contributed by atoms with E-state index in [0.717, 1.165) is 58.6 Å². The lowest BCUT2D eigenvalue weighted by Gasteiger charge is -2.28. The lowest BCUT2D eigenvalue weighted by Crippen LogP contribution is -2.36. The predicted octanol–water partition coefficient (Wildman–Crippen LogP) is 4.55. The largest absolute Gasteiger partial charge is 0.469 e. The maximum atomic E-state index is 11.8. The van der Waals surface area contributed by atoms with Gasteiger partial charge in [0.15, 0.2) is 0 Å². The average Bonchev–Trinajstić information content (AvgIpc) is 3.34. The molecule has 1 fully saturated rings. The van der Waals surface area contributed by atoms with E-state index in [1.54, 1.807) is 0 Å². The highest BCUT2D eigenvalue weighted by molar-refractivity contribution is 6.31. The number of H-pyrrole nitrogens is 1. The summed E-state index contributed by atoms with van der Waals surface area (Å²) in [6.07, 6.45) is 10.0. The quantitative estimate of drug-likeness (QED) is 0.567. The lowest BCUT2D eigenvalue weighted by atomic mass is 9.85. The molecule has 2 heterocycles. The molecule has 1 aromatic carbocycles. The van der Waals surface area contributed by atoms with Crippen LogP contribution in [0.15, 0.2) is 30.5 Å². The molecule has 0 bridgehead atoms. The third-order valence-corrected chi connectivity index (χ3v) is 6.09. The topological polar surface area (TPSA) is 71.9 Å². The van der Waals surface area contributed by atoms with Gasteiger partial charge in [-0.25, -0.2) is 0 Å². The number of halogens is 1. The summed E-state index contributed by atoms with van der Waals surface area (Å²) in [6, 6.07) is 8.29. The van der Waals surface area contributed by atoms with Gasteiger partial charge in [0.25, 0.3) is 0 Å². The van der Waals surface area contributed by atoms with Crippen molar-refractivity contribution >= 4 is 40.6 Å². The molecule has 0 aliphatic heterocycles. The third kappa shape index (κ3) is 4.60. The number of carbonyl (C=O) groups excluding carboxylic acids is 1. The second-order valence-electron chi connectivity index (χ2n) is 7.97. The number of ether oxygens (including phenoxy) is 1. The summed E-state index contributed by atoms with van der Waals surface area (Å²) >= 11 is 6.17. The number of carbonyl (C=O) groups is 1. The molecule has 6 nitrogen and oxygen atoms in total. The van der Waals surface area contributed by atoms with Crippen molar-refractivity contribution in [2.75, 3.05) is 7.11 Å². The van der Waals surface area contributed by atoms with Crippen LogP contribution in [0.3, 0.4) is 0 Å². The number of hydrogen-bond donors (Lipinski definition) is 2. The Morgan fingerprint density at radius 3 is 3.07 bits per heavy atom. The summed E-state index contributed by atoms with van der Waals surface area (Å²) in [6.45, 7) is 0.698. The zero-order valence-corrected chi connectivity index (χ0v) is 18.1. The van der Waals surface area contributed by atoms with Crippen LogP contribution in [0.2, 0.25) is 5.02 Å². The molecule has 4 rings (SSSR count). The fourth-order valence-electron chi connectivity index (χ4n) is 4.27. The average molecular weight is 427 g/mol. The van der Waals surface area contributed by atoms with E-state index in [1.165, 1.54) is 7.11 Å². The van der Waals surface area contributed by atoms with Gasteiger partial charge < -0.3 is 14.6 Å². The number of hydrogen-bond acceptors (Lipinski definition) is 4. The Labute approximate surface area is 181 Å². The Bertz CT molecular complexity index is 1070. The molecule has 0 saturated heterocycles. The van der Waals surface area contributed by atoms with Crippen molar-refractivity contribution in [3.8, 4) is 0 Å². The van der Waals surface area contributed by atoms with Crippen LogP contribution >= 0.6 is 11.6 Å². The minimum Gasteiger partial charge on any atom is -0.469 e. The van der Waals surface area contributed by atoms with E-state index in [1.807, 2.05) is 37.4 Å². The van der Waals surface area contributed by atoms with Crippen LogP contribution in [0.25, 0.3) is 23.1 Å². The van der Waals surface area contributed by atoms with E-state index in [9.17, 15) is 4.79 Å². The Kier molecular flexibility index (Phi) is 6.25. The number of fused-ring (bicyclic) bond motifs is 1. The predicted molar refractivity (Wildman–Crippen MR) is 120 cm³/mol. The molecule has 1 saturated carbocycles. The van der Waals surface area contributed by atoms with Crippen LogP contribution in [0.1, 0.15) is 42.6 Å². The van der Waals surface area contributed by atoms with Crippen LogP contribution in [0, 0.1) is 5.92 Å². The minimum atomic E-state index is -0.0924. The van der Waals surface area contributed by atoms with Crippen LogP contribution in [0.5, 0.6) is 0 Å². The number of aromatic amines is 1. The molecule has 0 radical (unpaired) electrons. The standard InChI is InChI=1S/C23H27ClN4O2/c1-28-14-16(21-11-17(24)7-9-22(21)28)6-8-19-12-20(27-26-19)13-25-18-5-3-4-15(10-18)23(29)30-2/h6-9,11-12,14-15,18,25H,3-5,10,13H2,1-2H3,(H,26,27)/b8-6+. The molecular weight excluding hydrogens is 400 g/mol. The normalized spacial score (nSPS) is 19.6. The van der Waals surface area contributed by atoms with E-state index in [-0.39, 0.29) is 11.9 Å². The van der Waals surface area contributed by atoms with Gasteiger partial charge in [0, 0.05) is 53.0 Å². The molecule has 0 amide bonds. The Balaban J connectivity index is 1.38. The summed E-state index contributed by atoms with van der Waals surface area (Å²) in [7, 11) is 3.49. The highest BCUT2D eigenvalue weighted by Crippen LogP contribution is 2.27. The Morgan fingerprint density at radius 1 is 1.37 bits per heavy atom. The van der Waals surface area contributed by atoms with Crippen molar-refractivity contribution in [1.82, 2.24) is 20.1 Å². The first kappa shape index (κ1) is 20.7. The zero-order valence-electron chi connectivity index (χ0n) is 17.3. The van der Waals surface area contributed by atoms with Crippen molar-refractivity contribution < 1.29 is 9.53 Å². The molecule has 2 aromatic heterocycles. The van der Waals surface area contributed by atoms with Crippen LogP contribution < -0.4 is 5.32 Å².